The minimum absolute atomic E-state index is 0.186. The molecular formula is C4H12N2O. The first kappa shape index (κ1) is 6.88. The number of rotatable bonds is 1. The lowest BCUT2D eigenvalue weighted by molar-refractivity contribution is -0.0730. The van der Waals surface area contributed by atoms with Gasteiger partial charge in [-0.25, -0.2) is 5.84 Å². The minimum Gasteiger partial charge on any atom is -0.282 e. The molecule has 0 amide bonds. The van der Waals surface area contributed by atoms with Gasteiger partial charge in [-0.15, -0.1) is 5.59 Å². The van der Waals surface area contributed by atoms with Crippen molar-refractivity contribution in [1.29, 1.82) is 0 Å². The first-order chi connectivity index (χ1) is 3.06. The maximum atomic E-state index is 4.84. The van der Waals surface area contributed by atoms with Crippen LogP contribution in [0.25, 0.3) is 0 Å². The van der Waals surface area contributed by atoms with Gasteiger partial charge in [-0.1, -0.05) is 0 Å². The Morgan fingerprint density at radius 3 is 1.86 bits per heavy atom. The van der Waals surface area contributed by atoms with E-state index in [2.05, 4.69) is 5.59 Å². The van der Waals surface area contributed by atoms with Crippen LogP contribution in [0.5, 0.6) is 0 Å². The summed E-state index contributed by atoms with van der Waals surface area (Å²) in [5.41, 5.74) is 1.92. The summed E-state index contributed by atoms with van der Waals surface area (Å²) >= 11 is 0. The molecule has 0 aliphatic rings. The Balaban J connectivity index is 3.15. The second-order valence-electron chi connectivity index (χ2n) is 2.33. The second-order valence-corrected chi connectivity index (χ2v) is 2.33. The normalized spacial score (nSPS) is 12.0. The molecule has 0 bridgehead atoms. The molecule has 0 aliphatic heterocycles. The molecule has 0 saturated heterocycles. The molecule has 0 aromatic carbocycles. The van der Waals surface area contributed by atoms with Crippen LogP contribution in [0.15, 0.2) is 0 Å². The van der Waals surface area contributed by atoms with Gasteiger partial charge in [-0.05, 0) is 20.8 Å². The van der Waals surface area contributed by atoms with Gasteiger partial charge in [0, 0.05) is 0 Å². The number of hydrogen-bond acceptors (Lipinski definition) is 3. The van der Waals surface area contributed by atoms with Gasteiger partial charge in [0.25, 0.3) is 0 Å². The summed E-state index contributed by atoms with van der Waals surface area (Å²) < 4.78 is 0. The van der Waals surface area contributed by atoms with Crippen molar-refractivity contribution in [2.24, 2.45) is 5.84 Å². The lowest BCUT2D eigenvalue weighted by Gasteiger charge is -2.16. The van der Waals surface area contributed by atoms with E-state index in [0.717, 1.165) is 0 Å². The lowest BCUT2D eigenvalue weighted by Crippen LogP contribution is -2.33. The Bertz CT molecular complexity index is 48.1. The van der Waals surface area contributed by atoms with Crippen molar-refractivity contribution in [2.45, 2.75) is 26.4 Å². The van der Waals surface area contributed by atoms with Crippen LogP contribution in [0, 0.1) is 0 Å². The summed E-state index contributed by atoms with van der Waals surface area (Å²) in [6.45, 7) is 5.73. The highest BCUT2D eigenvalue weighted by molar-refractivity contribution is 4.54. The Hall–Kier alpha value is -0.120. The molecule has 3 heteroatoms. The van der Waals surface area contributed by atoms with Gasteiger partial charge in [-0.2, -0.15) is 0 Å². The number of nitrogens with two attached hydrogens (primary N) is 1. The molecule has 0 unspecified atom stereocenters. The van der Waals surface area contributed by atoms with Crippen molar-refractivity contribution in [2.75, 3.05) is 0 Å². The van der Waals surface area contributed by atoms with Gasteiger partial charge in [0.1, 0.15) is 0 Å². The van der Waals surface area contributed by atoms with Crippen molar-refractivity contribution in [1.82, 2.24) is 5.59 Å². The first-order valence-corrected chi connectivity index (χ1v) is 2.20. The maximum Gasteiger partial charge on any atom is 0.0829 e. The molecule has 0 spiro atoms. The van der Waals surface area contributed by atoms with Crippen molar-refractivity contribution in [3.8, 4) is 0 Å². The molecule has 44 valence electrons. The van der Waals surface area contributed by atoms with Crippen molar-refractivity contribution >= 4 is 0 Å². The predicted octanol–water partition coefficient (Wildman–Crippen LogP) is 0.180. The maximum absolute atomic E-state index is 4.84. The standard InChI is InChI=1S/C4H12N2O/c1-4(2,3)7-6-5/h6H,5H2,1-3H3. The van der Waals surface area contributed by atoms with E-state index < -0.39 is 0 Å². The van der Waals surface area contributed by atoms with E-state index in [1.165, 1.54) is 0 Å². The minimum atomic E-state index is -0.186. The van der Waals surface area contributed by atoms with Crippen LogP contribution < -0.4 is 11.4 Å². The summed E-state index contributed by atoms with van der Waals surface area (Å²) in [6.07, 6.45) is 0. The quantitative estimate of drug-likeness (QED) is 0.368. The van der Waals surface area contributed by atoms with E-state index in [1.807, 2.05) is 20.8 Å². The third kappa shape index (κ3) is 5.88. The highest BCUT2D eigenvalue weighted by atomic mass is 16.7. The fourth-order valence-corrected chi connectivity index (χ4v) is 0.177. The highest BCUT2D eigenvalue weighted by Crippen LogP contribution is 2.01. The zero-order chi connectivity index (χ0) is 5.91. The van der Waals surface area contributed by atoms with Crippen LogP contribution in [-0.2, 0) is 4.84 Å². The molecule has 0 heterocycles. The average molecular weight is 104 g/mol. The molecule has 0 atom stereocenters. The molecule has 0 rings (SSSR count). The van der Waals surface area contributed by atoms with Gasteiger partial charge in [0.15, 0.2) is 0 Å². The molecule has 0 fully saturated rings. The average Bonchev–Trinajstić information content (AvgIpc) is 1.30. The van der Waals surface area contributed by atoms with E-state index in [0.29, 0.717) is 0 Å². The van der Waals surface area contributed by atoms with Gasteiger partial charge >= 0.3 is 0 Å². The third-order valence-corrected chi connectivity index (χ3v) is 0.365. The molecule has 0 saturated carbocycles. The lowest BCUT2D eigenvalue weighted by atomic mass is 10.2. The summed E-state index contributed by atoms with van der Waals surface area (Å²) in [4.78, 5) is 4.76. The van der Waals surface area contributed by atoms with Crippen molar-refractivity contribution < 1.29 is 4.84 Å². The van der Waals surface area contributed by atoms with Crippen LogP contribution >= 0.6 is 0 Å². The number of hydrogen-bond donors (Lipinski definition) is 2. The van der Waals surface area contributed by atoms with Gasteiger partial charge < -0.3 is 0 Å². The fourth-order valence-electron chi connectivity index (χ4n) is 0.177. The number of hydrazine groups is 1. The SMILES string of the molecule is CC(C)(C)ONN. The molecule has 0 aromatic rings. The van der Waals surface area contributed by atoms with Gasteiger partial charge in [0.05, 0.1) is 5.60 Å². The fraction of sp³-hybridized carbons (Fsp3) is 1.00. The molecule has 0 radical (unpaired) electrons. The highest BCUT2D eigenvalue weighted by Gasteiger charge is 2.07. The van der Waals surface area contributed by atoms with E-state index in [9.17, 15) is 0 Å². The van der Waals surface area contributed by atoms with Crippen LogP contribution in [0.2, 0.25) is 0 Å². The molecular weight excluding hydrogens is 92.1 g/mol. The Morgan fingerprint density at radius 1 is 1.43 bits per heavy atom. The summed E-state index contributed by atoms with van der Waals surface area (Å²) in [5, 5.41) is 0. The largest absolute Gasteiger partial charge is 0.282 e. The Kier molecular flexibility index (Phi) is 2.22. The Morgan fingerprint density at radius 2 is 1.86 bits per heavy atom. The van der Waals surface area contributed by atoms with Crippen molar-refractivity contribution in [3.63, 3.8) is 0 Å². The van der Waals surface area contributed by atoms with Crippen LogP contribution in [0.3, 0.4) is 0 Å². The van der Waals surface area contributed by atoms with Crippen LogP contribution in [0.1, 0.15) is 20.8 Å². The van der Waals surface area contributed by atoms with E-state index in [4.69, 9.17) is 10.7 Å². The summed E-state index contributed by atoms with van der Waals surface area (Å²) in [7, 11) is 0. The second kappa shape index (κ2) is 2.26. The van der Waals surface area contributed by atoms with E-state index in [-0.39, 0.29) is 5.60 Å². The smallest absolute Gasteiger partial charge is 0.0829 e. The first-order valence-electron chi connectivity index (χ1n) is 2.20. The predicted molar refractivity (Wildman–Crippen MR) is 28.2 cm³/mol. The monoisotopic (exact) mass is 104 g/mol. The van der Waals surface area contributed by atoms with Gasteiger partial charge in [-0.3, -0.25) is 4.84 Å². The molecule has 3 N–H and O–H groups in total. The summed E-state index contributed by atoms with van der Waals surface area (Å²) in [6, 6.07) is 0. The van der Waals surface area contributed by atoms with Crippen LogP contribution in [-0.4, -0.2) is 5.60 Å². The van der Waals surface area contributed by atoms with Crippen LogP contribution in [0.4, 0.5) is 0 Å². The molecule has 0 aliphatic carbocycles. The zero-order valence-electron chi connectivity index (χ0n) is 4.99. The van der Waals surface area contributed by atoms with E-state index in [1.54, 1.807) is 0 Å². The van der Waals surface area contributed by atoms with E-state index >= 15 is 0 Å². The van der Waals surface area contributed by atoms with Gasteiger partial charge in [0.2, 0.25) is 0 Å². The van der Waals surface area contributed by atoms with Crippen molar-refractivity contribution in [3.05, 3.63) is 0 Å². The third-order valence-electron chi connectivity index (χ3n) is 0.365. The molecule has 3 nitrogen and oxygen atoms in total. The zero-order valence-corrected chi connectivity index (χ0v) is 4.99. The summed E-state index contributed by atoms with van der Waals surface area (Å²) in [5.74, 6) is 4.84. The molecule has 0 aromatic heterocycles. The molecule has 7 heavy (non-hydrogen) atoms. The Labute approximate surface area is 43.8 Å². The topological polar surface area (TPSA) is 47.3 Å². The number of nitrogens with one attached hydrogen (secondary N) is 1.